The Morgan fingerprint density at radius 2 is 2.29 bits per heavy atom. The van der Waals surface area contributed by atoms with Crippen LogP contribution in [0.1, 0.15) is 13.3 Å². The Morgan fingerprint density at radius 3 is 2.86 bits per heavy atom. The number of carbonyl (C=O) groups excluding carboxylic acids is 1. The maximum absolute atomic E-state index is 11.5. The number of likely N-dealkylation sites (N-methyl/N-ethyl adjacent to an activating group) is 1. The molecule has 82 valence electrons. The van der Waals surface area contributed by atoms with Gasteiger partial charge in [0.15, 0.2) is 0 Å². The van der Waals surface area contributed by atoms with Gasteiger partial charge in [0.05, 0.1) is 6.54 Å². The van der Waals surface area contributed by atoms with Gasteiger partial charge in [-0.05, 0) is 33.0 Å². The lowest BCUT2D eigenvalue weighted by Gasteiger charge is -2.30. The van der Waals surface area contributed by atoms with E-state index in [0.717, 1.165) is 19.5 Å². The molecule has 0 spiro atoms. The van der Waals surface area contributed by atoms with Crippen molar-refractivity contribution in [3.63, 3.8) is 0 Å². The van der Waals surface area contributed by atoms with Gasteiger partial charge >= 0.3 is 0 Å². The molecule has 0 aliphatic carbocycles. The van der Waals surface area contributed by atoms with Crippen LogP contribution in [-0.4, -0.2) is 50.6 Å². The second kappa shape index (κ2) is 5.32. The van der Waals surface area contributed by atoms with Crippen LogP contribution in [0, 0.1) is 5.92 Å². The summed E-state index contributed by atoms with van der Waals surface area (Å²) in [6.45, 7) is 4.65. The van der Waals surface area contributed by atoms with Crippen molar-refractivity contribution in [2.45, 2.75) is 19.4 Å². The number of carbonyl (C=O) groups is 1. The van der Waals surface area contributed by atoms with E-state index in [2.05, 4.69) is 17.6 Å². The van der Waals surface area contributed by atoms with Gasteiger partial charge in [0.1, 0.15) is 0 Å². The van der Waals surface area contributed by atoms with E-state index in [1.807, 2.05) is 19.0 Å². The average Bonchev–Trinajstić information content (AvgIpc) is 2.07. The van der Waals surface area contributed by atoms with Gasteiger partial charge in [0, 0.05) is 12.6 Å². The molecule has 1 aliphatic heterocycles. The Balaban J connectivity index is 2.31. The number of hydrogen-bond donors (Lipinski definition) is 2. The average molecular weight is 199 g/mol. The van der Waals surface area contributed by atoms with Gasteiger partial charge in [-0.1, -0.05) is 6.92 Å². The molecule has 1 aliphatic rings. The minimum atomic E-state index is 0.121. The van der Waals surface area contributed by atoms with Crippen molar-refractivity contribution in [3.8, 4) is 0 Å². The third-order valence-corrected chi connectivity index (χ3v) is 2.63. The summed E-state index contributed by atoms with van der Waals surface area (Å²) >= 11 is 0. The van der Waals surface area contributed by atoms with Gasteiger partial charge < -0.3 is 15.5 Å². The van der Waals surface area contributed by atoms with Crippen molar-refractivity contribution in [2.24, 2.45) is 5.92 Å². The van der Waals surface area contributed by atoms with Gasteiger partial charge in [-0.15, -0.1) is 0 Å². The minimum absolute atomic E-state index is 0.121. The Labute approximate surface area is 86.0 Å². The Kier molecular flexibility index (Phi) is 4.35. The summed E-state index contributed by atoms with van der Waals surface area (Å²) in [5.74, 6) is 0.706. The number of nitrogens with one attached hydrogen (secondary N) is 2. The lowest BCUT2D eigenvalue weighted by Crippen LogP contribution is -2.51. The van der Waals surface area contributed by atoms with Crippen LogP contribution >= 0.6 is 0 Å². The molecular weight excluding hydrogens is 178 g/mol. The number of amides is 1. The molecule has 0 aromatic heterocycles. The van der Waals surface area contributed by atoms with E-state index in [4.69, 9.17) is 0 Å². The first kappa shape index (κ1) is 11.5. The first-order valence-electron chi connectivity index (χ1n) is 5.24. The fraction of sp³-hybridized carbons (Fsp3) is 0.900. The highest BCUT2D eigenvalue weighted by Crippen LogP contribution is 2.10. The molecule has 1 saturated heterocycles. The van der Waals surface area contributed by atoms with E-state index < -0.39 is 0 Å². The number of hydrogen-bond acceptors (Lipinski definition) is 3. The molecule has 0 aromatic carbocycles. The Bertz CT molecular complexity index is 194. The van der Waals surface area contributed by atoms with Gasteiger partial charge in [-0.25, -0.2) is 0 Å². The van der Waals surface area contributed by atoms with Crippen molar-refractivity contribution in [2.75, 3.05) is 33.7 Å². The molecule has 2 unspecified atom stereocenters. The van der Waals surface area contributed by atoms with Gasteiger partial charge in [0.25, 0.3) is 0 Å². The summed E-state index contributed by atoms with van der Waals surface area (Å²) < 4.78 is 0. The van der Waals surface area contributed by atoms with E-state index in [1.165, 1.54) is 0 Å². The maximum atomic E-state index is 11.5. The summed E-state index contributed by atoms with van der Waals surface area (Å²) in [5, 5.41) is 6.35. The third kappa shape index (κ3) is 3.64. The van der Waals surface area contributed by atoms with Crippen LogP contribution in [0.5, 0.6) is 0 Å². The fourth-order valence-electron chi connectivity index (χ4n) is 1.72. The highest BCUT2D eigenvalue weighted by molar-refractivity contribution is 5.78. The molecular formula is C10H21N3O. The van der Waals surface area contributed by atoms with E-state index in [9.17, 15) is 4.79 Å². The van der Waals surface area contributed by atoms with E-state index in [1.54, 1.807) is 0 Å². The van der Waals surface area contributed by atoms with Crippen LogP contribution in [0.15, 0.2) is 0 Å². The van der Waals surface area contributed by atoms with Crippen LogP contribution in [-0.2, 0) is 4.79 Å². The first-order valence-corrected chi connectivity index (χ1v) is 5.24. The molecule has 0 radical (unpaired) electrons. The Morgan fingerprint density at radius 1 is 1.57 bits per heavy atom. The molecule has 2 N–H and O–H groups in total. The van der Waals surface area contributed by atoms with Gasteiger partial charge in [-0.2, -0.15) is 0 Å². The van der Waals surface area contributed by atoms with Crippen LogP contribution < -0.4 is 10.6 Å². The number of nitrogens with zero attached hydrogens (tertiary/aromatic N) is 1. The van der Waals surface area contributed by atoms with Crippen molar-refractivity contribution in [1.29, 1.82) is 0 Å². The second-order valence-electron chi connectivity index (χ2n) is 4.38. The molecule has 1 amide bonds. The van der Waals surface area contributed by atoms with Crippen molar-refractivity contribution >= 4 is 5.91 Å². The highest BCUT2D eigenvalue weighted by Gasteiger charge is 2.22. The van der Waals surface area contributed by atoms with Gasteiger partial charge in [-0.3, -0.25) is 4.79 Å². The molecule has 1 rings (SSSR count). The predicted molar refractivity (Wildman–Crippen MR) is 57.1 cm³/mol. The van der Waals surface area contributed by atoms with Crippen molar-refractivity contribution < 1.29 is 4.79 Å². The van der Waals surface area contributed by atoms with E-state index >= 15 is 0 Å². The number of piperidine rings is 1. The highest BCUT2D eigenvalue weighted by atomic mass is 16.2. The Hall–Kier alpha value is -0.610. The fourth-order valence-corrected chi connectivity index (χ4v) is 1.72. The van der Waals surface area contributed by atoms with Crippen LogP contribution in [0.2, 0.25) is 0 Å². The topological polar surface area (TPSA) is 44.4 Å². The maximum Gasteiger partial charge on any atom is 0.234 e. The van der Waals surface area contributed by atoms with E-state index in [-0.39, 0.29) is 5.91 Å². The lowest BCUT2D eigenvalue weighted by atomic mass is 9.95. The summed E-state index contributed by atoms with van der Waals surface area (Å²) in [4.78, 5) is 13.4. The molecule has 4 heteroatoms. The summed E-state index contributed by atoms with van der Waals surface area (Å²) in [7, 11) is 3.81. The molecule has 4 nitrogen and oxygen atoms in total. The summed E-state index contributed by atoms with van der Waals surface area (Å²) in [6.07, 6.45) is 1.15. The van der Waals surface area contributed by atoms with Crippen molar-refractivity contribution in [1.82, 2.24) is 15.5 Å². The zero-order valence-corrected chi connectivity index (χ0v) is 9.34. The lowest BCUT2D eigenvalue weighted by molar-refractivity contribution is -0.122. The van der Waals surface area contributed by atoms with E-state index in [0.29, 0.717) is 18.5 Å². The smallest absolute Gasteiger partial charge is 0.234 e. The molecule has 0 saturated carbocycles. The van der Waals surface area contributed by atoms with Crippen LogP contribution in [0.3, 0.4) is 0 Å². The van der Waals surface area contributed by atoms with Crippen LogP contribution in [0.25, 0.3) is 0 Å². The molecule has 1 heterocycles. The minimum Gasteiger partial charge on any atom is -0.351 e. The molecule has 0 aromatic rings. The molecule has 14 heavy (non-hydrogen) atoms. The number of rotatable bonds is 3. The molecule has 2 atom stereocenters. The molecule has 1 fully saturated rings. The standard InChI is InChI=1S/C10H21N3O/c1-8-4-5-11-6-9(8)12-10(14)7-13(2)3/h8-9,11H,4-7H2,1-3H3,(H,12,14). The van der Waals surface area contributed by atoms with Crippen molar-refractivity contribution in [3.05, 3.63) is 0 Å². The normalized spacial score (nSPS) is 27.7. The monoisotopic (exact) mass is 199 g/mol. The molecule has 0 bridgehead atoms. The first-order chi connectivity index (χ1) is 6.59. The van der Waals surface area contributed by atoms with Gasteiger partial charge in [0.2, 0.25) is 5.91 Å². The van der Waals surface area contributed by atoms with Crippen LogP contribution in [0.4, 0.5) is 0 Å². The zero-order valence-electron chi connectivity index (χ0n) is 9.34. The summed E-state index contributed by atoms with van der Waals surface area (Å²) in [6, 6.07) is 0.302. The quantitative estimate of drug-likeness (QED) is 0.654. The second-order valence-corrected chi connectivity index (χ2v) is 4.38. The SMILES string of the molecule is CC1CCNCC1NC(=O)CN(C)C. The third-order valence-electron chi connectivity index (χ3n) is 2.63. The zero-order chi connectivity index (χ0) is 10.6. The summed E-state index contributed by atoms with van der Waals surface area (Å²) in [5.41, 5.74) is 0. The largest absolute Gasteiger partial charge is 0.351 e. The predicted octanol–water partition coefficient (Wildman–Crippen LogP) is -0.338.